The molecule has 0 spiro atoms. The SMILES string of the molecule is CCCCCC(CC)C1=[C]CCC=C1. The number of rotatable bonds is 6. The fourth-order valence-electron chi connectivity index (χ4n) is 2.07. The highest BCUT2D eigenvalue weighted by Crippen LogP contribution is 2.25. The molecule has 1 unspecified atom stereocenters. The van der Waals surface area contributed by atoms with Crippen LogP contribution in [0.4, 0.5) is 0 Å². The lowest BCUT2D eigenvalue weighted by atomic mass is 9.88. The van der Waals surface area contributed by atoms with Gasteiger partial charge in [0.1, 0.15) is 0 Å². The second kappa shape index (κ2) is 6.86. The predicted octanol–water partition coefficient (Wildman–Crippen LogP) is 4.67. The number of hydrogen-bond donors (Lipinski definition) is 0. The van der Waals surface area contributed by atoms with Crippen molar-refractivity contribution < 1.29 is 0 Å². The van der Waals surface area contributed by atoms with Gasteiger partial charge in [0.25, 0.3) is 0 Å². The van der Waals surface area contributed by atoms with Crippen molar-refractivity contribution in [3.8, 4) is 0 Å². The first-order valence-electron chi connectivity index (χ1n) is 6.15. The Bertz CT molecular complexity index is 198. The zero-order valence-corrected chi connectivity index (χ0v) is 9.68. The molecule has 0 aromatic heterocycles. The standard InChI is InChI=1S/C14H23/c1-3-5-7-10-13(4-2)14-11-8-6-9-12-14/h8,11,13H,3-7,9-10H2,1-2H3. The minimum atomic E-state index is 0.776. The summed E-state index contributed by atoms with van der Waals surface area (Å²) >= 11 is 0. The zero-order chi connectivity index (χ0) is 10.2. The van der Waals surface area contributed by atoms with Gasteiger partial charge in [0, 0.05) is 0 Å². The third-order valence-electron chi connectivity index (χ3n) is 3.03. The van der Waals surface area contributed by atoms with Crippen molar-refractivity contribution in [1.82, 2.24) is 0 Å². The van der Waals surface area contributed by atoms with Crippen LogP contribution in [0, 0.1) is 12.0 Å². The Hall–Kier alpha value is -0.520. The minimum absolute atomic E-state index is 0.776. The van der Waals surface area contributed by atoms with Crippen LogP contribution in [0.3, 0.4) is 0 Å². The van der Waals surface area contributed by atoms with Crippen LogP contribution in [0.25, 0.3) is 0 Å². The average Bonchev–Trinajstić information content (AvgIpc) is 2.26. The van der Waals surface area contributed by atoms with Crippen LogP contribution in [0.2, 0.25) is 0 Å². The molecule has 1 aliphatic rings. The molecule has 0 saturated carbocycles. The molecule has 0 aliphatic heterocycles. The summed E-state index contributed by atoms with van der Waals surface area (Å²) in [5.74, 6) is 0.776. The Morgan fingerprint density at radius 3 is 2.79 bits per heavy atom. The van der Waals surface area contributed by atoms with Gasteiger partial charge in [0.2, 0.25) is 0 Å². The monoisotopic (exact) mass is 191 g/mol. The molecular formula is C14H23. The molecular weight excluding hydrogens is 168 g/mol. The third-order valence-corrected chi connectivity index (χ3v) is 3.03. The van der Waals surface area contributed by atoms with Crippen molar-refractivity contribution in [3.63, 3.8) is 0 Å². The Morgan fingerprint density at radius 1 is 1.36 bits per heavy atom. The first kappa shape index (κ1) is 11.6. The van der Waals surface area contributed by atoms with Crippen LogP contribution in [-0.2, 0) is 0 Å². The quantitative estimate of drug-likeness (QED) is 0.535. The van der Waals surface area contributed by atoms with E-state index in [9.17, 15) is 0 Å². The molecule has 79 valence electrons. The maximum absolute atomic E-state index is 3.53. The fraction of sp³-hybridized carbons (Fsp3) is 0.714. The summed E-state index contributed by atoms with van der Waals surface area (Å²) in [6.45, 7) is 4.57. The molecule has 1 aliphatic carbocycles. The summed E-state index contributed by atoms with van der Waals surface area (Å²) in [5, 5.41) is 0. The van der Waals surface area contributed by atoms with E-state index in [4.69, 9.17) is 0 Å². The summed E-state index contributed by atoms with van der Waals surface area (Å²) in [6.07, 6.45) is 17.2. The molecule has 0 heteroatoms. The van der Waals surface area contributed by atoms with Crippen LogP contribution in [0.15, 0.2) is 17.7 Å². The Kier molecular flexibility index (Phi) is 5.66. The van der Waals surface area contributed by atoms with E-state index in [1.54, 1.807) is 0 Å². The van der Waals surface area contributed by atoms with Gasteiger partial charge in [-0.15, -0.1) is 0 Å². The molecule has 1 atom stereocenters. The summed E-state index contributed by atoms with van der Waals surface area (Å²) < 4.78 is 0. The minimum Gasteiger partial charge on any atom is -0.0839 e. The van der Waals surface area contributed by atoms with Crippen LogP contribution in [0.1, 0.15) is 58.8 Å². The van der Waals surface area contributed by atoms with Crippen molar-refractivity contribution in [1.29, 1.82) is 0 Å². The first-order chi connectivity index (χ1) is 6.88. The van der Waals surface area contributed by atoms with Gasteiger partial charge in [-0.05, 0) is 43.3 Å². The van der Waals surface area contributed by atoms with Crippen molar-refractivity contribution in [2.24, 2.45) is 5.92 Å². The van der Waals surface area contributed by atoms with Crippen molar-refractivity contribution in [3.05, 3.63) is 23.8 Å². The van der Waals surface area contributed by atoms with E-state index in [2.05, 4.69) is 32.1 Å². The van der Waals surface area contributed by atoms with Gasteiger partial charge >= 0.3 is 0 Å². The summed E-state index contributed by atoms with van der Waals surface area (Å²) in [7, 11) is 0. The Balaban J connectivity index is 2.36. The molecule has 0 nitrogen and oxygen atoms in total. The lowest BCUT2D eigenvalue weighted by Crippen LogP contribution is -2.03. The second-order valence-electron chi connectivity index (χ2n) is 4.17. The van der Waals surface area contributed by atoms with E-state index >= 15 is 0 Å². The highest BCUT2D eigenvalue weighted by Gasteiger charge is 2.10. The molecule has 0 bridgehead atoms. The molecule has 0 saturated heterocycles. The summed E-state index contributed by atoms with van der Waals surface area (Å²) in [5.41, 5.74) is 1.48. The van der Waals surface area contributed by atoms with Gasteiger partial charge in [-0.25, -0.2) is 0 Å². The average molecular weight is 191 g/mol. The van der Waals surface area contributed by atoms with Crippen LogP contribution < -0.4 is 0 Å². The van der Waals surface area contributed by atoms with E-state index in [0.29, 0.717) is 0 Å². The van der Waals surface area contributed by atoms with Gasteiger partial charge in [0.05, 0.1) is 0 Å². The zero-order valence-electron chi connectivity index (χ0n) is 9.68. The van der Waals surface area contributed by atoms with E-state index in [0.717, 1.165) is 12.3 Å². The number of allylic oxidation sites excluding steroid dienone is 4. The fourth-order valence-corrected chi connectivity index (χ4v) is 2.07. The molecule has 0 N–H and O–H groups in total. The number of hydrogen-bond acceptors (Lipinski definition) is 0. The molecule has 0 aromatic rings. The van der Waals surface area contributed by atoms with Crippen molar-refractivity contribution >= 4 is 0 Å². The molecule has 1 radical (unpaired) electrons. The summed E-state index contributed by atoms with van der Waals surface area (Å²) in [6, 6.07) is 0. The van der Waals surface area contributed by atoms with Gasteiger partial charge in [-0.2, -0.15) is 0 Å². The molecule has 0 fully saturated rings. The third kappa shape index (κ3) is 3.69. The van der Waals surface area contributed by atoms with Crippen LogP contribution in [-0.4, -0.2) is 0 Å². The maximum Gasteiger partial charge on any atom is -0.0162 e. The molecule has 1 rings (SSSR count). The normalized spacial score (nSPS) is 18.0. The van der Waals surface area contributed by atoms with Crippen LogP contribution >= 0.6 is 0 Å². The molecule has 14 heavy (non-hydrogen) atoms. The lowest BCUT2D eigenvalue weighted by Gasteiger charge is -2.17. The largest absolute Gasteiger partial charge is 0.0839 e. The second-order valence-corrected chi connectivity index (χ2v) is 4.17. The van der Waals surface area contributed by atoms with Gasteiger partial charge in [0.15, 0.2) is 0 Å². The topological polar surface area (TPSA) is 0 Å². The Morgan fingerprint density at radius 2 is 2.21 bits per heavy atom. The molecule has 0 aromatic carbocycles. The van der Waals surface area contributed by atoms with Crippen molar-refractivity contribution in [2.75, 3.05) is 0 Å². The van der Waals surface area contributed by atoms with Crippen LogP contribution in [0.5, 0.6) is 0 Å². The Labute approximate surface area is 89.1 Å². The summed E-state index contributed by atoms with van der Waals surface area (Å²) in [4.78, 5) is 0. The highest BCUT2D eigenvalue weighted by atomic mass is 14.2. The van der Waals surface area contributed by atoms with Crippen molar-refractivity contribution in [2.45, 2.75) is 58.8 Å². The first-order valence-corrected chi connectivity index (χ1v) is 6.15. The maximum atomic E-state index is 3.53. The van der Waals surface area contributed by atoms with E-state index < -0.39 is 0 Å². The van der Waals surface area contributed by atoms with Gasteiger partial charge in [-0.3, -0.25) is 0 Å². The van der Waals surface area contributed by atoms with E-state index in [1.165, 1.54) is 44.1 Å². The lowest BCUT2D eigenvalue weighted by molar-refractivity contribution is 0.507. The molecule has 0 amide bonds. The van der Waals surface area contributed by atoms with E-state index in [-0.39, 0.29) is 0 Å². The van der Waals surface area contributed by atoms with E-state index in [1.807, 2.05) is 0 Å². The predicted molar refractivity (Wildman–Crippen MR) is 63.1 cm³/mol. The smallest absolute Gasteiger partial charge is 0.0162 e. The van der Waals surface area contributed by atoms with Gasteiger partial charge in [-0.1, -0.05) is 45.3 Å². The number of unbranched alkanes of at least 4 members (excludes halogenated alkanes) is 2. The molecule has 0 heterocycles. The van der Waals surface area contributed by atoms with Gasteiger partial charge < -0.3 is 0 Å². The highest BCUT2D eigenvalue weighted by molar-refractivity contribution is 5.21.